The summed E-state index contributed by atoms with van der Waals surface area (Å²) in [5, 5.41) is 4.16. The summed E-state index contributed by atoms with van der Waals surface area (Å²) in [7, 11) is 0. The molecule has 0 saturated carbocycles. The summed E-state index contributed by atoms with van der Waals surface area (Å²) in [6, 6.07) is 7.72. The number of hydrogen-bond donors (Lipinski definition) is 1. The van der Waals surface area contributed by atoms with Crippen molar-refractivity contribution in [1.82, 2.24) is 5.43 Å². The third-order valence-corrected chi connectivity index (χ3v) is 3.85. The van der Waals surface area contributed by atoms with Crippen LogP contribution in [0.5, 0.6) is 0 Å². The van der Waals surface area contributed by atoms with Crippen molar-refractivity contribution in [3.05, 3.63) is 34.3 Å². The maximum Gasteiger partial charge on any atom is 0.145 e. The highest BCUT2D eigenvalue weighted by Crippen LogP contribution is 2.32. The molecule has 0 spiro atoms. The Bertz CT molecular complexity index is 441. The quantitative estimate of drug-likeness (QED) is 0.845. The fraction of sp³-hybridized carbons (Fsp3) is 0.333. The van der Waals surface area contributed by atoms with Gasteiger partial charge in [0.25, 0.3) is 0 Å². The smallest absolute Gasteiger partial charge is 0.145 e. The van der Waals surface area contributed by atoms with E-state index < -0.39 is 0 Å². The first-order chi connectivity index (χ1) is 7.59. The number of nitrogens with zero attached hydrogens (tertiary/aromatic N) is 1. The van der Waals surface area contributed by atoms with Crippen LogP contribution in [0.4, 0.5) is 0 Å². The Morgan fingerprint density at radius 3 is 2.62 bits per heavy atom. The lowest BCUT2D eigenvalue weighted by Gasteiger charge is -2.28. The van der Waals surface area contributed by atoms with E-state index in [1.54, 1.807) is 0 Å². The molecule has 2 atom stereocenters. The molecule has 0 fully saturated rings. The summed E-state index contributed by atoms with van der Waals surface area (Å²) >= 11 is 3.40. The number of benzene rings is 1. The Hall–Kier alpha value is -1.16. The van der Waals surface area contributed by atoms with Gasteiger partial charge in [0.15, 0.2) is 0 Å². The molecule has 2 unspecified atom stereocenters. The molecule has 3 nitrogen and oxygen atoms in total. The van der Waals surface area contributed by atoms with Gasteiger partial charge < -0.3 is 4.79 Å². The third-order valence-electron chi connectivity index (χ3n) is 3.32. The minimum atomic E-state index is -0.345. The molecule has 0 saturated heterocycles. The molecule has 4 heteroatoms. The van der Waals surface area contributed by atoms with Gasteiger partial charge in [-0.25, -0.2) is 0 Å². The predicted molar refractivity (Wildman–Crippen MR) is 67.6 cm³/mol. The molecule has 16 heavy (non-hydrogen) atoms. The Balaban J connectivity index is 2.47. The number of aldehydes is 1. The van der Waals surface area contributed by atoms with Crippen molar-refractivity contribution in [3.8, 4) is 0 Å². The van der Waals surface area contributed by atoms with Crippen LogP contribution in [0.2, 0.25) is 0 Å². The van der Waals surface area contributed by atoms with Gasteiger partial charge >= 0.3 is 0 Å². The second-order valence-electron chi connectivity index (χ2n) is 4.15. The maximum atomic E-state index is 11.1. The highest BCUT2D eigenvalue weighted by Gasteiger charge is 2.42. The van der Waals surface area contributed by atoms with Crippen LogP contribution >= 0.6 is 15.9 Å². The van der Waals surface area contributed by atoms with Gasteiger partial charge in [0.2, 0.25) is 0 Å². The SMILES string of the molecule is CC1=NNC(C=O)C1(C)c1ccc(Br)cc1. The molecule has 0 aliphatic carbocycles. The first-order valence-electron chi connectivity index (χ1n) is 5.10. The van der Waals surface area contributed by atoms with Crippen molar-refractivity contribution in [2.24, 2.45) is 5.10 Å². The number of nitrogens with one attached hydrogen (secondary N) is 1. The highest BCUT2D eigenvalue weighted by molar-refractivity contribution is 9.10. The zero-order valence-electron chi connectivity index (χ0n) is 9.20. The molecule has 1 heterocycles. The van der Waals surface area contributed by atoms with E-state index in [2.05, 4.69) is 26.5 Å². The standard InChI is InChI=1S/C12H13BrN2O/c1-8-12(2,11(7-16)15-14-8)9-3-5-10(13)6-4-9/h3-7,11,15H,1-2H3. The minimum absolute atomic E-state index is 0.284. The monoisotopic (exact) mass is 280 g/mol. The zero-order chi connectivity index (χ0) is 11.8. The molecular weight excluding hydrogens is 268 g/mol. The minimum Gasteiger partial charge on any atom is -0.301 e. The number of hydrogen-bond acceptors (Lipinski definition) is 3. The van der Waals surface area contributed by atoms with Gasteiger partial charge in [0.05, 0.1) is 5.41 Å². The van der Waals surface area contributed by atoms with E-state index in [-0.39, 0.29) is 11.5 Å². The van der Waals surface area contributed by atoms with Crippen molar-refractivity contribution >= 4 is 27.9 Å². The van der Waals surface area contributed by atoms with Crippen LogP contribution in [0.15, 0.2) is 33.8 Å². The fourth-order valence-electron chi connectivity index (χ4n) is 1.99. The van der Waals surface area contributed by atoms with E-state index in [9.17, 15) is 4.79 Å². The lowest BCUT2D eigenvalue weighted by Crippen LogP contribution is -2.44. The number of carbonyl (C=O) groups is 1. The van der Waals surface area contributed by atoms with E-state index in [0.29, 0.717) is 0 Å². The van der Waals surface area contributed by atoms with Crippen molar-refractivity contribution < 1.29 is 4.79 Å². The molecular formula is C12H13BrN2O. The average molecular weight is 281 g/mol. The number of hydrazone groups is 1. The van der Waals surface area contributed by atoms with Crippen molar-refractivity contribution in [2.45, 2.75) is 25.3 Å². The summed E-state index contributed by atoms with van der Waals surface area (Å²) in [4.78, 5) is 11.1. The van der Waals surface area contributed by atoms with Gasteiger partial charge in [-0.2, -0.15) is 5.10 Å². The zero-order valence-corrected chi connectivity index (χ0v) is 10.8. The largest absolute Gasteiger partial charge is 0.301 e. The summed E-state index contributed by atoms with van der Waals surface area (Å²) in [6.45, 7) is 3.98. The molecule has 0 radical (unpaired) electrons. The second-order valence-corrected chi connectivity index (χ2v) is 5.06. The van der Waals surface area contributed by atoms with Crippen LogP contribution in [0.1, 0.15) is 19.4 Å². The Morgan fingerprint density at radius 2 is 2.06 bits per heavy atom. The predicted octanol–water partition coefficient (Wildman–Crippen LogP) is 2.25. The number of carbonyl (C=O) groups excluding carboxylic acids is 1. The van der Waals surface area contributed by atoms with Crippen LogP contribution in [0, 0.1) is 0 Å². The Kier molecular flexibility index (Phi) is 2.84. The van der Waals surface area contributed by atoms with E-state index in [0.717, 1.165) is 22.0 Å². The fourth-order valence-corrected chi connectivity index (χ4v) is 2.25. The lowest BCUT2D eigenvalue weighted by molar-refractivity contribution is -0.110. The molecule has 1 aliphatic heterocycles. The second kappa shape index (κ2) is 4.01. The van der Waals surface area contributed by atoms with Gasteiger partial charge in [-0.3, -0.25) is 5.43 Å². The normalized spacial score (nSPS) is 28.4. The Labute approximate surface area is 103 Å². The van der Waals surface area contributed by atoms with Gasteiger partial charge in [0.1, 0.15) is 12.3 Å². The molecule has 2 rings (SSSR count). The van der Waals surface area contributed by atoms with Crippen LogP contribution in [0.3, 0.4) is 0 Å². The van der Waals surface area contributed by atoms with Gasteiger partial charge in [0, 0.05) is 10.2 Å². The molecule has 0 amide bonds. The van der Waals surface area contributed by atoms with Crippen LogP contribution in [-0.2, 0) is 10.2 Å². The van der Waals surface area contributed by atoms with Crippen molar-refractivity contribution in [3.63, 3.8) is 0 Å². The van der Waals surface area contributed by atoms with Gasteiger partial charge in [-0.1, -0.05) is 28.1 Å². The first-order valence-corrected chi connectivity index (χ1v) is 5.90. The molecule has 84 valence electrons. The average Bonchev–Trinajstić information content (AvgIpc) is 2.57. The molecule has 1 aromatic carbocycles. The van der Waals surface area contributed by atoms with E-state index in [1.807, 2.05) is 38.1 Å². The number of rotatable bonds is 2. The summed E-state index contributed by atoms with van der Waals surface area (Å²) < 4.78 is 1.03. The highest BCUT2D eigenvalue weighted by atomic mass is 79.9. The van der Waals surface area contributed by atoms with Crippen LogP contribution < -0.4 is 5.43 Å². The van der Waals surface area contributed by atoms with Gasteiger partial charge in [-0.15, -0.1) is 0 Å². The summed E-state index contributed by atoms with van der Waals surface area (Å²) in [6.07, 6.45) is 0.919. The maximum absolute atomic E-state index is 11.1. The Morgan fingerprint density at radius 1 is 1.44 bits per heavy atom. The first kappa shape index (κ1) is 11.3. The van der Waals surface area contributed by atoms with Crippen molar-refractivity contribution in [1.29, 1.82) is 0 Å². The van der Waals surface area contributed by atoms with E-state index >= 15 is 0 Å². The molecule has 0 bridgehead atoms. The summed E-state index contributed by atoms with van der Waals surface area (Å²) in [5.74, 6) is 0. The van der Waals surface area contributed by atoms with Crippen LogP contribution in [0.25, 0.3) is 0 Å². The van der Waals surface area contributed by atoms with Crippen LogP contribution in [-0.4, -0.2) is 18.0 Å². The molecule has 1 aromatic rings. The van der Waals surface area contributed by atoms with Gasteiger partial charge in [-0.05, 0) is 31.5 Å². The van der Waals surface area contributed by atoms with E-state index in [4.69, 9.17) is 0 Å². The molecule has 1 N–H and O–H groups in total. The van der Waals surface area contributed by atoms with Crippen molar-refractivity contribution in [2.75, 3.05) is 0 Å². The number of halogens is 1. The molecule has 0 aromatic heterocycles. The lowest BCUT2D eigenvalue weighted by atomic mass is 9.74. The third kappa shape index (κ3) is 1.57. The summed E-state index contributed by atoms with van der Waals surface area (Å²) in [5.41, 5.74) is 4.56. The van der Waals surface area contributed by atoms with E-state index in [1.165, 1.54) is 0 Å². The topological polar surface area (TPSA) is 41.5 Å². The molecule has 1 aliphatic rings.